The molecule has 0 rings (SSSR count). The third kappa shape index (κ3) is 6.80. The van der Waals surface area contributed by atoms with Crippen LogP contribution >= 0.6 is 19.7 Å². The lowest BCUT2D eigenvalue weighted by molar-refractivity contribution is 0.527. The molecule has 8 heavy (non-hydrogen) atoms. The van der Waals surface area contributed by atoms with Crippen LogP contribution in [0.3, 0.4) is 0 Å². The predicted octanol–water partition coefficient (Wildman–Crippen LogP) is 1.16. The summed E-state index contributed by atoms with van der Waals surface area (Å²) in [6.45, 7) is 7.49. The molecular weight excluding hydrogens is 136 g/mol. The summed E-state index contributed by atoms with van der Waals surface area (Å²) in [5, 5.41) is 3.31. The van der Waals surface area contributed by atoms with E-state index in [-0.39, 0.29) is 5.54 Å². The molecule has 0 aliphatic rings. The monoisotopic (exact) mass is 149 g/mol. The van der Waals surface area contributed by atoms with E-state index in [0.717, 1.165) is 6.69 Å². The maximum absolute atomic E-state index is 3.31. The molecule has 0 amide bonds. The summed E-state index contributed by atoms with van der Waals surface area (Å²) in [5.41, 5.74) is 0.267. The van der Waals surface area contributed by atoms with Crippen LogP contribution < -0.4 is 5.23 Å². The van der Waals surface area contributed by atoms with Crippen LogP contribution in [-0.2, 0) is 0 Å². The molecule has 0 aliphatic carbocycles. The van der Waals surface area contributed by atoms with Gasteiger partial charge in [-0.1, -0.05) is 8.44 Å². The lowest BCUT2D eigenvalue weighted by Gasteiger charge is -2.18. The van der Waals surface area contributed by atoms with E-state index < -0.39 is 0 Å². The van der Waals surface area contributed by atoms with Gasteiger partial charge in [-0.25, -0.2) is 0 Å². The van der Waals surface area contributed by atoms with E-state index in [9.17, 15) is 0 Å². The molecular formula is C4H13BNPS. The Hall–Kier alpha value is 0.805. The van der Waals surface area contributed by atoms with Crippen LogP contribution in [0.15, 0.2) is 0 Å². The van der Waals surface area contributed by atoms with Gasteiger partial charge in [-0.2, -0.15) is 11.2 Å². The largest absolute Gasteiger partial charge is 0.345 e. The lowest BCUT2D eigenvalue weighted by Crippen LogP contribution is -2.36. The van der Waals surface area contributed by atoms with Crippen molar-refractivity contribution in [2.45, 2.75) is 26.3 Å². The summed E-state index contributed by atoms with van der Waals surface area (Å²) in [4.78, 5) is 0. The minimum atomic E-state index is 0.267. The maximum Gasteiger partial charge on any atom is 0.275 e. The molecule has 0 fully saturated rings. The van der Waals surface area contributed by atoms with Crippen molar-refractivity contribution in [3.05, 3.63) is 0 Å². The minimum Gasteiger partial charge on any atom is -0.345 e. The van der Waals surface area contributed by atoms with Crippen molar-refractivity contribution < 1.29 is 0 Å². The van der Waals surface area contributed by atoms with E-state index >= 15 is 0 Å². The topological polar surface area (TPSA) is 12.0 Å². The van der Waals surface area contributed by atoms with Crippen LogP contribution in [0.25, 0.3) is 0 Å². The Labute approximate surface area is 58.5 Å². The van der Waals surface area contributed by atoms with Crippen LogP contribution in [0, 0.1) is 0 Å². The van der Waals surface area contributed by atoms with Gasteiger partial charge < -0.3 is 5.23 Å². The summed E-state index contributed by atoms with van der Waals surface area (Å²) in [7, 11) is 2.61. The molecule has 0 saturated heterocycles. The van der Waals surface area contributed by atoms with Crippen molar-refractivity contribution in [3.63, 3.8) is 0 Å². The molecule has 0 aromatic carbocycles. The van der Waals surface area contributed by atoms with Gasteiger partial charge in [0.1, 0.15) is 0 Å². The van der Waals surface area contributed by atoms with E-state index in [1.807, 2.05) is 0 Å². The Morgan fingerprint density at radius 1 is 1.50 bits per heavy atom. The second kappa shape index (κ2) is 3.76. The third-order valence-corrected chi connectivity index (χ3v) is 1.50. The van der Waals surface area contributed by atoms with E-state index in [0.29, 0.717) is 0 Å². The van der Waals surface area contributed by atoms with Gasteiger partial charge in [0.05, 0.1) is 0 Å². The highest BCUT2D eigenvalue weighted by Gasteiger charge is 2.06. The van der Waals surface area contributed by atoms with Gasteiger partial charge in [0.25, 0.3) is 6.69 Å². The molecule has 0 aliphatic heterocycles. The zero-order chi connectivity index (χ0) is 6.62. The summed E-state index contributed by atoms with van der Waals surface area (Å²) in [5.74, 6) is 0. The predicted molar refractivity (Wildman–Crippen MR) is 47.3 cm³/mol. The molecule has 0 aromatic rings. The van der Waals surface area contributed by atoms with Crippen LogP contribution in [0.4, 0.5) is 0 Å². The molecule has 1 nitrogen and oxygen atoms in total. The first-order valence-corrected chi connectivity index (χ1v) is 5.09. The Morgan fingerprint density at radius 2 is 2.00 bits per heavy atom. The molecule has 0 bridgehead atoms. The van der Waals surface area contributed by atoms with Crippen molar-refractivity contribution in [2.75, 3.05) is 0 Å². The first-order chi connectivity index (χ1) is 3.56. The maximum atomic E-state index is 3.31. The Balaban J connectivity index is 3.11. The zero-order valence-corrected chi connectivity index (χ0v) is 7.66. The molecule has 1 unspecified atom stereocenters. The molecule has 0 radical (unpaired) electrons. The smallest absolute Gasteiger partial charge is 0.275 e. The summed E-state index contributed by atoms with van der Waals surface area (Å²) >= 11 is 1.73. The Bertz CT molecular complexity index is 63.5. The van der Waals surface area contributed by atoms with Gasteiger partial charge in [0, 0.05) is 0 Å². The lowest BCUT2D eigenvalue weighted by atomic mass is 10.1. The Morgan fingerprint density at radius 3 is 2.12 bits per heavy atom. The van der Waals surface area contributed by atoms with E-state index in [1.165, 1.54) is 0 Å². The van der Waals surface area contributed by atoms with E-state index in [1.54, 1.807) is 11.2 Å². The third-order valence-electron chi connectivity index (χ3n) is 0.686. The van der Waals surface area contributed by atoms with Crippen LogP contribution in [0.2, 0.25) is 0 Å². The number of rotatable bonds is 2. The highest BCUT2D eigenvalue weighted by atomic mass is 32.7. The molecule has 48 valence electrons. The van der Waals surface area contributed by atoms with Crippen LogP contribution in [0.5, 0.6) is 0 Å². The SMILES string of the molecule is CC(C)(C)NBSP. The fraction of sp³-hybridized carbons (Fsp3) is 1.00. The summed E-state index contributed by atoms with van der Waals surface area (Å²) < 4.78 is 0. The molecule has 0 heterocycles. The molecule has 0 saturated carbocycles. The van der Waals surface area contributed by atoms with Crippen molar-refractivity contribution in [1.29, 1.82) is 0 Å². The van der Waals surface area contributed by atoms with Crippen molar-refractivity contribution in [3.8, 4) is 0 Å². The number of hydrogen-bond donors (Lipinski definition) is 1. The average molecular weight is 149 g/mol. The average Bonchev–Trinajstić information content (AvgIpc) is 1.59. The van der Waals surface area contributed by atoms with Gasteiger partial charge in [-0.3, -0.25) is 0 Å². The normalized spacial score (nSPS) is 11.5. The highest BCUT2D eigenvalue weighted by Crippen LogP contribution is 2.07. The van der Waals surface area contributed by atoms with Crippen molar-refractivity contribution in [2.24, 2.45) is 0 Å². The first-order valence-electron chi connectivity index (χ1n) is 2.63. The molecule has 0 aromatic heterocycles. The van der Waals surface area contributed by atoms with Crippen molar-refractivity contribution in [1.82, 2.24) is 5.23 Å². The molecule has 1 atom stereocenters. The Kier molecular flexibility index (Phi) is 4.14. The second-order valence-electron chi connectivity index (χ2n) is 2.74. The summed E-state index contributed by atoms with van der Waals surface area (Å²) in [6.07, 6.45) is 0. The molecule has 1 N–H and O–H groups in total. The van der Waals surface area contributed by atoms with Crippen LogP contribution in [0.1, 0.15) is 20.8 Å². The van der Waals surface area contributed by atoms with E-state index in [4.69, 9.17) is 0 Å². The number of hydrogen-bond acceptors (Lipinski definition) is 2. The first kappa shape index (κ1) is 8.80. The zero-order valence-electron chi connectivity index (χ0n) is 5.69. The number of nitrogens with one attached hydrogen (secondary N) is 1. The second-order valence-corrected chi connectivity index (χ2v) is 4.36. The molecule has 0 spiro atoms. The van der Waals surface area contributed by atoms with Gasteiger partial charge in [0.2, 0.25) is 0 Å². The van der Waals surface area contributed by atoms with Gasteiger partial charge in [0.15, 0.2) is 0 Å². The summed E-state index contributed by atoms with van der Waals surface area (Å²) in [6, 6.07) is 0. The fourth-order valence-electron chi connectivity index (χ4n) is 0.258. The van der Waals surface area contributed by atoms with Gasteiger partial charge in [-0.15, -0.1) is 0 Å². The standard InChI is InChI=1S/C4H13BNPS/c1-4(2,3)6-5-8-7/h5-6H,7H2,1-3H3. The quantitative estimate of drug-likeness (QED) is 0.467. The minimum absolute atomic E-state index is 0.267. The van der Waals surface area contributed by atoms with Gasteiger partial charge in [-0.05, 0) is 26.3 Å². The fourth-order valence-corrected chi connectivity index (χ4v) is 1.02. The van der Waals surface area contributed by atoms with Gasteiger partial charge >= 0.3 is 0 Å². The molecule has 4 heteroatoms. The van der Waals surface area contributed by atoms with E-state index in [2.05, 4.69) is 34.4 Å². The van der Waals surface area contributed by atoms with Crippen LogP contribution in [-0.4, -0.2) is 12.2 Å². The highest BCUT2D eigenvalue weighted by molar-refractivity contribution is 8.57. The van der Waals surface area contributed by atoms with Crippen molar-refractivity contribution >= 4 is 26.4 Å².